The topological polar surface area (TPSA) is 86.7 Å². The molecule has 0 radical (unpaired) electrons. The summed E-state index contributed by atoms with van der Waals surface area (Å²) < 4.78 is 41.1. The Balaban J connectivity index is 1.77. The third kappa shape index (κ3) is 4.19. The Kier molecular flexibility index (Phi) is 5.32. The van der Waals surface area contributed by atoms with E-state index in [4.69, 9.17) is 5.73 Å². The van der Waals surface area contributed by atoms with Crippen LogP contribution in [0.1, 0.15) is 27.2 Å². The summed E-state index contributed by atoms with van der Waals surface area (Å²) >= 11 is 1.35. The van der Waals surface area contributed by atoms with Crippen molar-refractivity contribution in [2.45, 2.75) is 19.6 Å². The van der Waals surface area contributed by atoms with Gasteiger partial charge in [0.25, 0.3) is 5.91 Å². The lowest BCUT2D eigenvalue weighted by molar-refractivity contribution is -0.137. The maximum Gasteiger partial charge on any atom is 0.416 e. The van der Waals surface area contributed by atoms with E-state index in [1.165, 1.54) is 17.4 Å². The quantitative estimate of drug-likeness (QED) is 0.491. The number of carbonyl (C=O) groups excluding carboxylic acids is 1. The third-order valence-corrected chi connectivity index (χ3v) is 5.64. The summed E-state index contributed by atoms with van der Waals surface area (Å²) in [5.74, 6) is -0.620. The van der Waals surface area contributed by atoms with Gasteiger partial charge in [-0.2, -0.15) is 13.2 Å². The number of benzene rings is 1. The molecule has 1 aromatic carbocycles. The lowest BCUT2D eigenvalue weighted by Gasteiger charge is -2.13. The molecule has 6 nitrogen and oxygen atoms in total. The zero-order valence-electron chi connectivity index (χ0n) is 16.2. The normalized spacial score (nSPS) is 11.6. The second-order valence-corrected chi connectivity index (χ2v) is 7.66. The molecule has 158 valence electrons. The Labute approximate surface area is 179 Å². The van der Waals surface area contributed by atoms with Gasteiger partial charge in [-0.05, 0) is 30.7 Å². The number of amides is 1. The predicted octanol–water partition coefficient (Wildman–Crippen LogP) is 4.54. The summed E-state index contributed by atoms with van der Waals surface area (Å²) in [6.07, 6.45) is 0.261. The molecule has 0 aliphatic rings. The van der Waals surface area contributed by atoms with Crippen LogP contribution < -0.4 is 5.73 Å². The number of aromatic nitrogens is 4. The number of thiazole rings is 1. The molecule has 1 amide bonds. The Morgan fingerprint density at radius 3 is 2.68 bits per heavy atom. The fraction of sp³-hybridized carbons (Fsp3) is 0.143. The van der Waals surface area contributed by atoms with Crippen LogP contribution in [0.5, 0.6) is 0 Å². The number of halogens is 3. The zero-order valence-corrected chi connectivity index (χ0v) is 17.0. The van der Waals surface area contributed by atoms with Crippen LogP contribution in [0.15, 0.2) is 54.3 Å². The van der Waals surface area contributed by atoms with E-state index in [1.807, 2.05) is 0 Å². The molecule has 4 aromatic rings. The van der Waals surface area contributed by atoms with Gasteiger partial charge in [-0.15, -0.1) is 11.3 Å². The number of nitrogens with two attached hydrogens (primary N) is 1. The molecule has 0 atom stereocenters. The second-order valence-electron chi connectivity index (χ2n) is 6.81. The van der Waals surface area contributed by atoms with Gasteiger partial charge in [0.05, 0.1) is 28.7 Å². The molecule has 10 heteroatoms. The molecular weight excluding hydrogens is 427 g/mol. The van der Waals surface area contributed by atoms with Crippen molar-refractivity contribution in [1.29, 1.82) is 0 Å². The highest BCUT2D eigenvalue weighted by atomic mass is 32.1. The highest BCUT2D eigenvalue weighted by Gasteiger charge is 2.30. The number of hydrogen-bond donors (Lipinski definition) is 1. The molecule has 3 aromatic heterocycles. The lowest BCUT2D eigenvalue weighted by Crippen LogP contribution is -2.13. The SMILES string of the molecule is Cc1c(C(N)=O)cc(-c2csc(-c3cnccn3)n2)n1Cc1cccc(C(F)(F)F)c1. The van der Waals surface area contributed by atoms with Gasteiger partial charge in [-0.25, -0.2) is 4.98 Å². The average Bonchev–Trinajstić information content (AvgIpc) is 3.34. The Hall–Kier alpha value is -3.53. The molecule has 0 spiro atoms. The molecule has 0 aliphatic heterocycles. The van der Waals surface area contributed by atoms with Gasteiger partial charge in [-0.1, -0.05) is 12.1 Å². The van der Waals surface area contributed by atoms with Crippen LogP contribution in [0.3, 0.4) is 0 Å². The monoisotopic (exact) mass is 443 g/mol. The number of carbonyl (C=O) groups is 1. The van der Waals surface area contributed by atoms with Gasteiger partial charge < -0.3 is 10.3 Å². The summed E-state index contributed by atoms with van der Waals surface area (Å²) in [5, 5.41) is 2.43. The first-order chi connectivity index (χ1) is 14.7. The van der Waals surface area contributed by atoms with Crippen molar-refractivity contribution in [2.24, 2.45) is 5.73 Å². The molecule has 0 saturated carbocycles. The van der Waals surface area contributed by atoms with E-state index >= 15 is 0 Å². The van der Waals surface area contributed by atoms with Gasteiger partial charge in [-0.3, -0.25) is 14.8 Å². The Morgan fingerprint density at radius 2 is 2.00 bits per heavy atom. The fourth-order valence-corrected chi connectivity index (χ4v) is 4.03. The molecule has 31 heavy (non-hydrogen) atoms. The smallest absolute Gasteiger partial charge is 0.366 e. The largest absolute Gasteiger partial charge is 0.416 e. The summed E-state index contributed by atoms with van der Waals surface area (Å²) in [5.41, 5.74) is 7.80. The van der Waals surface area contributed by atoms with E-state index in [1.54, 1.807) is 47.6 Å². The van der Waals surface area contributed by atoms with E-state index in [2.05, 4.69) is 15.0 Å². The number of nitrogens with zero attached hydrogens (tertiary/aromatic N) is 4. The van der Waals surface area contributed by atoms with Gasteiger partial charge in [0, 0.05) is 30.0 Å². The lowest BCUT2D eigenvalue weighted by atomic mass is 10.1. The minimum Gasteiger partial charge on any atom is -0.366 e. The van der Waals surface area contributed by atoms with E-state index in [0.717, 1.165) is 12.1 Å². The first-order valence-corrected chi connectivity index (χ1v) is 10.0. The van der Waals surface area contributed by atoms with Crippen molar-refractivity contribution in [3.8, 4) is 22.1 Å². The van der Waals surface area contributed by atoms with E-state index in [0.29, 0.717) is 33.3 Å². The van der Waals surface area contributed by atoms with Crippen LogP contribution in [0.4, 0.5) is 13.2 Å². The number of alkyl halides is 3. The van der Waals surface area contributed by atoms with Crippen LogP contribution >= 0.6 is 11.3 Å². The second kappa shape index (κ2) is 7.95. The van der Waals surface area contributed by atoms with Crippen LogP contribution in [0, 0.1) is 6.92 Å². The van der Waals surface area contributed by atoms with E-state index in [-0.39, 0.29) is 12.1 Å². The van der Waals surface area contributed by atoms with Crippen molar-refractivity contribution in [1.82, 2.24) is 19.5 Å². The predicted molar refractivity (Wildman–Crippen MR) is 110 cm³/mol. The molecule has 0 saturated heterocycles. The molecule has 0 aliphatic carbocycles. The van der Waals surface area contributed by atoms with Crippen LogP contribution in [-0.4, -0.2) is 25.4 Å². The van der Waals surface area contributed by atoms with Crippen molar-refractivity contribution < 1.29 is 18.0 Å². The summed E-state index contributed by atoms with van der Waals surface area (Å²) in [6.45, 7) is 1.82. The van der Waals surface area contributed by atoms with Gasteiger partial charge in [0.15, 0.2) is 0 Å². The molecular formula is C21H16F3N5OS. The number of rotatable bonds is 5. The fourth-order valence-electron chi connectivity index (χ4n) is 3.26. The molecule has 0 unspecified atom stereocenters. The number of primary amides is 1. The first-order valence-electron chi connectivity index (χ1n) is 9.12. The van der Waals surface area contributed by atoms with E-state index < -0.39 is 17.6 Å². The molecule has 0 bridgehead atoms. The van der Waals surface area contributed by atoms with Gasteiger partial charge >= 0.3 is 6.18 Å². The molecule has 3 heterocycles. The number of hydrogen-bond acceptors (Lipinski definition) is 5. The summed E-state index contributed by atoms with van der Waals surface area (Å²) in [4.78, 5) is 24.8. The van der Waals surface area contributed by atoms with Crippen LogP contribution in [-0.2, 0) is 12.7 Å². The standard InChI is InChI=1S/C21H16F3N5OS/c1-12-15(19(25)30)8-18(17-11-31-20(28-17)16-9-26-5-6-27-16)29(12)10-13-3-2-4-14(7-13)21(22,23)24/h2-9,11H,10H2,1H3,(H2,25,30). The highest BCUT2D eigenvalue weighted by Crippen LogP contribution is 2.33. The van der Waals surface area contributed by atoms with Crippen molar-refractivity contribution in [3.05, 3.63) is 76.7 Å². The first kappa shape index (κ1) is 20.7. The van der Waals surface area contributed by atoms with E-state index in [9.17, 15) is 18.0 Å². The molecule has 2 N–H and O–H groups in total. The van der Waals surface area contributed by atoms with Gasteiger partial charge in [0.2, 0.25) is 0 Å². The van der Waals surface area contributed by atoms with Crippen molar-refractivity contribution in [2.75, 3.05) is 0 Å². The van der Waals surface area contributed by atoms with Crippen molar-refractivity contribution in [3.63, 3.8) is 0 Å². The zero-order chi connectivity index (χ0) is 22.2. The molecule has 4 rings (SSSR count). The minimum absolute atomic E-state index is 0.121. The van der Waals surface area contributed by atoms with Crippen LogP contribution in [0.25, 0.3) is 22.1 Å². The summed E-state index contributed by atoms with van der Waals surface area (Å²) in [7, 11) is 0. The Morgan fingerprint density at radius 1 is 1.19 bits per heavy atom. The minimum atomic E-state index is -4.44. The van der Waals surface area contributed by atoms with Gasteiger partial charge in [0.1, 0.15) is 10.7 Å². The maximum atomic E-state index is 13.1. The third-order valence-electron chi connectivity index (χ3n) is 4.78. The Bertz CT molecular complexity index is 1250. The average molecular weight is 443 g/mol. The van der Waals surface area contributed by atoms with Crippen LogP contribution in [0.2, 0.25) is 0 Å². The highest BCUT2D eigenvalue weighted by molar-refractivity contribution is 7.13. The van der Waals surface area contributed by atoms with Crippen molar-refractivity contribution >= 4 is 17.2 Å². The summed E-state index contributed by atoms with van der Waals surface area (Å²) in [6, 6.07) is 6.70. The molecule has 0 fully saturated rings. The maximum absolute atomic E-state index is 13.1.